The molecular weight excluding hydrogens is 1130 g/mol. The van der Waals surface area contributed by atoms with Gasteiger partial charge in [-0.05, 0) is 128 Å². The lowest BCUT2D eigenvalue weighted by molar-refractivity contribution is -0.148. The summed E-state index contributed by atoms with van der Waals surface area (Å²) in [7, 11) is 0. The molecule has 0 aliphatic heterocycles. The van der Waals surface area contributed by atoms with E-state index in [-0.39, 0.29) is 18.5 Å². The Kier molecular flexibility index (Phi) is 79.5. The number of aliphatic hydroxyl groups is 1. The van der Waals surface area contributed by atoms with E-state index in [1.54, 1.807) is 0 Å². The topological polar surface area (TPSA) is 222 Å². The fourth-order valence-corrected chi connectivity index (χ4v) is 7.48. The number of ether oxygens (including phenoxy) is 20. The molecule has 22 heteroatoms. The Bertz CT molecular complexity index is 1240. The second-order valence-corrected chi connectivity index (χ2v) is 20.9. The highest BCUT2D eigenvalue weighted by atomic mass is 16.5. The van der Waals surface area contributed by atoms with E-state index < -0.39 is 0 Å². The first kappa shape index (κ1) is 85.7. The van der Waals surface area contributed by atoms with Crippen LogP contribution in [0.15, 0.2) is 0 Å². The van der Waals surface area contributed by atoms with Crippen LogP contribution in [-0.2, 0) is 99.5 Å². The highest BCUT2D eigenvalue weighted by Gasteiger charge is 2.11. The molecule has 1 N–H and O–H groups in total. The maximum Gasteiger partial charge on any atom is 0.308 e. The van der Waals surface area contributed by atoms with Gasteiger partial charge in [0.05, 0.1) is 12.5 Å². The summed E-state index contributed by atoms with van der Waals surface area (Å²) in [6.45, 7) is 30.6. The SMILES string of the molecule is CCC(C)C(=O)OCCCOCCCOCCCOCCCOCCCOCCCOCCCOCCCOCCCOCCCOCCCOCCCOCCCOCCCOCCCOCCCOCCCOCCCOCCCOCCCO. The van der Waals surface area contributed by atoms with E-state index in [0.717, 1.165) is 128 Å². The highest BCUT2D eigenvalue weighted by Crippen LogP contribution is 2.04. The third-order valence-corrected chi connectivity index (χ3v) is 12.5. The largest absolute Gasteiger partial charge is 0.465 e. The fourth-order valence-electron chi connectivity index (χ4n) is 7.48. The molecule has 0 aromatic rings. The van der Waals surface area contributed by atoms with Gasteiger partial charge < -0.3 is 99.8 Å². The summed E-state index contributed by atoms with van der Waals surface area (Å²) < 4.78 is 113. The monoisotopic (exact) mass is 1260 g/mol. The van der Waals surface area contributed by atoms with E-state index in [0.29, 0.717) is 264 Å². The molecule has 0 aliphatic rings. The van der Waals surface area contributed by atoms with E-state index in [4.69, 9.17) is 99.8 Å². The number of hydrogen-bond acceptors (Lipinski definition) is 22. The van der Waals surface area contributed by atoms with Crippen LogP contribution in [0.3, 0.4) is 0 Å². The van der Waals surface area contributed by atoms with Crippen LogP contribution in [0, 0.1) is 5.92 Å². The fraction of sp³-hybridized carbons (Fsp3) is 0.985. The lowest BCUT2D eigenvalue weighted by atomic mass is 10.1. The van der Waals surface area contributed by atoms with Crippen molar-refractivity contribution in [3.63, 3.8) is 0 Å². The quantitative estimate of drug-likeness (QED) is 0.0444. The van der Waals surface area contributed by atoms with Crippen molar-refractivity contribution >= 4 is 5.97 Å². The number of carbonyl (C=O) groups is 1. The molecule has 0 fully saturated rings. The highest BCUT2D eigenvalue weighted by molar-refractivity contribution is 5.71. The van der Waals surface area contributed by atoms with Crippen LogP contribution in [-0.4, -0.2) is 275 Å². The molecule has 0 bridgehead atoms. The summed E-state index contributed by atoms with van der Waals surface area (Å²) in [5.74, 6) is -0.167. The predicted molar refractivity (Wildman–Crippen MR) is 335 cm³/mol. The van der Waals surface area contributed by atoms with E-state index >= 15 is 0 Å². The Morgan fingerprint density at radius 1 is 0.218 bits per heavy atom. The molecule has 522 valence electrons. The van der Waals surface area contributed by atoms with E-state index in [2.05, 4.69) is 0 Å². The maximum atomic E-state index is 11.6. The minimum absolute atomic E-state index is 0.0381. The van der Waals surface area contributed by atoms with Crippen LogP contribution in [0.25, 0.3) is 0 Å². The third kappa shape index (κ3) is 78.8. The zero-order valence-electron chi connectivity index (χ0n) is 55.2. The van der Waals surface area contributed by atoms with Crippen molar-refractivity contribution in [1.82, 2.24) is 0 Å². The number of esters is 1. The summed E-state index contributed by atoms with van der Waals surface area (Å²) in [4.78, 5) is 11.6. The molecule has 0 aromatic heterocycles. The van der Waals surface area contributed by atoms with Gasteiger partial charge in [-0.3, -0.25) is 4.79 Å². The number of rotatable bonds is 81. The van der Waals surface area contributed by atoms with Crippen LogP contribution < -0.4 is 0 Å². The Morgan fingerprint density at radius 2 is 0.333 bits per heavy atom. The zero-order valence-corrected chi connectivity index (χ0v) is 55.2. The minimum atomic E-state index is -0.128. The minimum Gasteiger partial charge on any atom is -0.465 e. The molecule has 0 saturated heterocycles. The summed E-state index contributed by atoms with van der Waals surface area (Å²) in [6, 6.07) is 0. The van der Waals surface area contributed by atoms with Gasteiger partial charge in [0, 0.05) is 264 Å². The van der Waals surface area contributed by atoms with E-state index in [1.165, 1.54) is 0 Å². The second kappa shape index (κ2) is 80.8. The van der Waals surface area contributed by atoms with Crippen LogP contribution in [0.1, 0.15) is 149 Å². The van der Waals surface area contributed by atoms with Crippen molar-refractivity contribution < 1.29 is 105 Å². The molecule has 0 aliphatic carbocycles. The van der Waals surface area contributed by atoms with Gasteiger partial charge in [-0.25, -0.2) is 0 Å². The van der Waals surface area contributed by atoms with Gasteiger partial charge in [-0.2, -0.15) is 0 Å². The van der Waals surface area contributed by atoms with Crippen molar-refractivity contribution in [1.29, 1.82) is 0 Å². The molecule has 0 spiro atoms. The first-order valence-corrected chi connectivity index (χ1v) is 34.0. The van der Waals surface area contributed by atoms with E-state index in [1.807, 2.05) is 13.8 Å². The first-order chi connectivity index (χ1) is 43.2. The Morgan fingerprint density at radius 3 is 0.448 bits per heavy atom. The van der Waals surface area contributed by atoms with Gasteiger partial charge in [0.1, 0.15) is 0 Å². The van der Waals surface area contributed by atoms with Gasteiger partial charge in [0.25, 0.3) is 0 Å². The Labute approximate surface area is 527 Å². The van der Waals surface area contributed by atoms with Crippen molar-refractivity contribution in [3.05, 3.63) is 0 Å². The number of hydrogen-bond donors (Lipinski definition) is 1. The molecule has 0 radical (unpaired) electrons. The molecular formula is C65H130O22. The Hall–Kier alpha value is -1.33. The van der Waals surface area contributed by atoms with E-state index in [9.17, 15) is 4.79 Å². The molecule has 0 amide bonds. The molecule has 0 heterocycles. The summed E-state index contributed by atoms with van der Waals surface area (Å²) in [5, 5.41) is 8.71. The molecule has 0 saturated carbocycles. The van der Waals surface area contributed by atoms with Crippen LogP contribution in [0.2, 0.25) is 0 Å². The smallest absolute Gasteiger partial charge is 0.308 e. The van der Waals surface area contributed by atoms with Crippen molar-refractivity contribution in [2.75, 3.05) is 264 Å². The standard InChI is InChI=1S/C65H130O22/c1-3-64(2)65(67)87-63-23-62-86-61-22-60-85-59-21-58-84-57-20-56-83-55-19-54-82-53-18-52-81-51-17-50-80-49-16-48-79-47-15-46-78-45-14-44-77-43-13-42-76-41-12-40-75-39-11-38-74-37-10-36-73-35-9-34-72-33-8-32-71-31-7-30-70-29-6-28-69-27-5-26-68-25-4-24-66/h64,66H,3-63H2,1-2H3. The normalized spacial score (nSPS) is 12.1. The average molecular weight is 1260 g/mol. The summed E-state index contributed by atoms with van der Waals surface area (Å²) in [5.41, 5.74) is 0. The molecule has 1 unspecified atom stereocenters. The summed E-state index contributed by atoms with van der Waals surface area (Å²) >= 11 is 0. The molecule has 1 atom stereocenters. The second-order valence-electron chi connectivity index (χ2n) is 20.9. The Balaban J connectivity index is 3.09. The average Bonchev–Trinajstić information content (AvgIpc) is 3.54. The lowest BCUT2D eigenvalue weighted by Gasteiger charge is -2.09. The van der Waals surface area contributed by atoms with Gasteiger partial charge in [0.15, 0.2) is 0 Å². The summed E-state index contributed by atoms with van der Waals surface area (Å²) in [6.07, 6.45) is 18.1. The van der Waals surface area contributed by atoms with Crippen LogP contribution in [0.4, 0.5) is 0 Å². The van der Waals surface area contributed by atoms with Crippen molar-refractivity contribution in [3.8, 4) is 0 Å². The van der Waals surface area contributed by atoms with Gasteiger partial charge in [0.2, 0.25) is 0 Å². The zero-order chi connectivity index (χ0) is 62.4. The molecule has 22 nitrogen and oxygen atoms in total. The predicted octanol–water partition coefficient (Wildman–Crippen LogP) is 8.69. The van der Waals surface area contributed by atoms with Gasteiger partial charge >= 0.3 is 5.97 Å². The van der Waals surface area contributed by atoms with Crippen LogP contribution in [0.5, 0.6) is 0 Å². The molecule has 0 aromatic carbocycles. The van der Waals surface area contributed by atoms with Gasteiger partial charge in [-0.15, -0.1) is 0 Å². The lowest BCUT2D eigenvalue weighted by Crippen LogP contribution is -2.15. The molecule has 0 rings (SSSR count). The molecule has 87 heavy (non-hydrogen) atoms. The van der Waals surface area contributed by atoms with Crippen molar-refractivity contribution in [2.24, 2.45) is 5.92 Å². The number of carbonyl (C=O) groups excluding carboxylic acids is 1. The first-order valence-electron chi connectivity index (χ1n) is 34.0. The third-order valence-electron chi connectivity index (χ3n) is 12.5. The number of aliphatic hydroxyl groups excluding tert-OH is 1. The van der Waals surface area contributed by atoms with Crippen LogP contribution >= 0.6 is 0 Å². The maximum absolute atomic E-state index is 11.6. The van der Waals surface area contributed by atoms with Crippen molar-refractivity contribution in [2.45, 2.75) is 149 Å². The van der Waals surface area contributed by atoms with Gasteiger partial charge in [-0.1, -0.05) is 13.8 Å².